The van der Waals surface area contributed by atoms with Gasteiger partial charge in [0.1, 0.15) is 6.10 Å². The summed E-state index contributed by atoms with van der Waals surface area (Å²) >= 11 is 0. The van der Waals surface area contributed by atoms with Crippen molar-refractivity contribution in [3.05, 3.63) is 33.9 Å². The van der Waals surface area contributed by atoms with Crippen LogP contribution in [0, 0.1) is 12.8 Å². The minimum absolute atomic E-state index is 0.0814. The van der Waals surface area contributed by atoms with Crippen molar-refractivity contribution in [3.63, 3.8) is 0 Å². The summed E-state index contributed by atoms with van der Waals surface area (Å²) in [6.45, 7) is 14.7. The van der Waals surface area contributed by atoms with Crippen LogP contribution >= 0.6 is 0 Å². The molecule has 38 heavy (non-hydrogen) atoms. The van der Waals surface area contributed by atoms with Gasteiger partial charge in [0.25, 0.3) is 0 Å². The number of benzene rings is 1. The van der Waals surface area contributed by atoms with Crippen LogP contribution in [0.2, 0.25) is 0 Å². The molecular formula is C30H42O8. The molecule has 1 heterocycles. The maximum atomic E-state index is 11.9. The number of aliphatic hydroxyl groups is 1. The van der Waals surface area contributed by atoms with E-state index in [4.69, 9.17) is 18.9 Å². The second-order valence-electron chi connectivity index (χ2n) is 11.7. The van der Waals surface area contributed by atoms with Crippen LogP contribution in [0.3, 0.4) is 0 Å². The zero-order chi connectivity index (χ0) is 28.0. The van der Waals surface area contributed by atoms with Crippen LogP contribution < -0.4 is 4.74 Å². The molecule has 0 unspecified atom stereocenters. The van der Waals surface area contributed by atoms with Crippen molar-refractivity contribution in [3.8, 4) is 11.5 Å². The van der Waals surface area contributed by atoms with Gasteiger partial charge in [0.05, 0.1) is 6.10 Å². The first-order valence-corrected chi connectivity index (χ1v) is 13.7. The summed E-state index contributed by atoms with van der Waals surface area (Å²) in [6, 6.07) is 0. The number of allylic oxidation sites excluding steroid dienone is 2. The van der Waals surface area contributed by atoms with E-state index in [0.29, 0.717) is 11.8 Å². The van der Waals surface area contributed by atoms with Crippen LogP contribution in [0.5, 0.6) is 11.5 Å². The Balaban J connectivity index is 1.82. The maximum Gasteiger partial charge on any atom is 0.303 e. The predicted molar refractivity (Wildman–Crippen MR) is 141 cm³/mol. The number of phenols is 1. The molecule has 0 aromatic heterocycles. The highest BCUT2D eigenvalue weighted by atomic mass is 16.7. The number of rotatable bonds is 5. The molecule has 1 aliphatic heterocycles. The standard InChI is InChI=1S/C30H42O8/c1-13(2)11-20-12-15(4)21-10-9-14(3)22-24(21)23(20)16(5)27(25(22)33)38-30-29(37-19(8)32)26(34)28(17(6)35-30)36-18(7)31/h11,14-15,17,20-21,26,28-30,33-34H,9-10,12H2,1-8H3/t14-,15-,17-,20+,21+,26+,28+,29-,30-/m0/s1. The fourth-order valence-electron chi connectivity index (χ4n) is 6.82. The third-order valence-corrected chi connectivity index (χ3v) is 8.38. The minimum atomic E-state index is -1.38. The van der Waals surface area contributed by atoms with E-state index in [1.165, 1.54) is 30.5 Å². The molecule has 3 aliphatic rings. The molecule has 0 amide bonds. The Kier molecular flexibility index (Phi) is 8.15. The molecule has 9 atom stereocenters. The van der Waals surface area contributed by atoms with Crippen LogP contribution in [-0.4, -0.2) is 52.9 Å². The van der Waals surface area contributed by atoms with Crippen LogP contribution in [0.15, 0.2) is 11.6 Å². The number of ether oxygens (including phenoxy) is 4. The van der Waals surface area contributed by atoms with Crippen molar-refractivity contribution in [1.29, 1.82) is 0 Å². The van der Waals surface area contributed by atoms with E-state index < -0.39 is 42.6 Å². The topological polar surface area (TPSA) is 112 Å². The summed E-state index contributed by atoms with van der Waals surface area (Å²) in [5.41, 5.74) is 5.41. The molecule has 210 valence electrons. The normalized spacial score (nSPS) is 34.1. The lowest BCUT2D eigenvalue weighted by molar-refractivity contribution is -0.277. The highest BCUT2D eigenvalue weighted by molar-refractivity contribution is 5.67. The van der Waals surface area contributed by atoms with Crippen molar-refractivity contribution < 1.29 is 38.7 Å². The Morgan fingerprint density at radius 2 is 1.58 bits per heavy atom. The number of esters is 2. The number of phenolic OH excluding ortho intramolecular Hbond substituents is 1. The lowest BCUT2D eigenvalue weighted by Gasteiger charge is -2.44. The number of aromatic hydroxyl groups is 1. The lowest BCUT2D eigenvalue weighted by Crippen LogP contribution is -2.60. The molecule has 1 saturated heterocycles. The van der Waals surface area contributed by atoms with E-state index in [1.807, 2.05) is 6.92 Å². The van der Waals surface area contributed by atoms with Crippen molar-refractivity contribution in [2.45, 2.75) is 123 Å². The SMILES string of the molecule is CC(=O)O[C@@H]1[C@H](Oc2c(C)c3c4c(c2O)[C@@H](C)CC[C@@H]4[C@@H](C)C[C@H]3C=C(C)C)O[C@@H](C)[C@@H](OC(C)=O)[C@H]1O. The highest BCUT2D eigenvalue weighted by Gasteiger charge is 2.50. The summed E-state index contributed by atoms with van der Waals surface area (Å²) < 4.78 is 23.1. The third kappa shape index (κ3) is 5.17. The second kappa shape index (κ2) is 10.9. The molecule has 1 aromatic carbocycles. The van der Waals surface area contributed by atoms with Gasteiger partial charge in [-0.1, -0.05) is 25.5 Å². The molecule has 8 heteroatoms. The Morgan fingerprint density at radius 1 is 0.947 bits per heavy atom. The zero-order valence-corrected chi connectivity index (χ0v) is 23.7. The van der Waals surface area contributed by atoms with Crippen molar-refractivity contribution in [2.24, 2.45) is 5.92 Å². The smallest absolute Gasteiger partial charge is 0.303 e. The highest BCUT2D eigenvalue weighted by Crippen LogP contribution is 2.58. The number of aliphatic hydroxyl groups excluding tert-OH is 1. The second-order valence-corrected chi connectivity index (χ2v) is 11.7. The van der Waals surface area contributed by atoms with E-state index in [9.17, 15) is 19.8 Å². The zero-order valence-electron chi connectivity index (χ0n) is 23.7. The Hall–Kier alpha value is -2.58. The van der Waals surface area contributed by atoms with Gasteiger partial charge in [-0.15, -0.1) is 0 Å². The van der Waals surface area contributed by atoms with Gasteiger partial charge in [0, 0.05) is 25.3 Å². The molecule has 2 N–H and O–H groups in total. The van der Waals surface area contributed by atoms with Gasteiger partial charge >= 0.3 is 11.9 Å². The average molecular weight is 531 g/mol. The van der Waals surface area contributed by atoms with E-state index in [1.54, 1.807) is 6.92 Å². The maximum absolute atomic E-state index is 11.9. The summed E-state index contributed by atoms with van der Waals surface area (Å²) in [7, 11) is 0. The Labute approximate surface area is 225 Å². The molecule has 2 aliphatic carbocycles. The van der Waals surface area contributed by atoms with Crippen molar-refractivity contribution in [1.82, 2.24) is 0 Å². The summed E-state index contributed by atoms with van der Waals surface area (Å²) in [5.74, 6) is 0.330. The quantitative estimate of drug-likeness (QED) is 0.399. The fourth-order valence-corrected chi connectivity index (χ4v) is 6.82. The number of hydrogen-bond donors (Lipinski definition) is 2. The molecule has 0 radical (unpaired) electrons. The van der Waals surface area contributed by atoms with Gasteiger partial charge in [-0.2, -0.15) is 0 Å². The van der Waals surface area contributed by atoms with Gasteiger partial charge in [-0.25, -0.2) is 0 Å². The molecule has 0 spiro atoms. The average Bonchev–Trinajstić information content (AvgIpc) is 2.80. The van der Waals surface area contributed by atoms with Crippen LogP contribution in [-0.2, 0) is 23.8 Å². The van der Waals surface area contributed by atoms with E-state index in [0.717, 1.165) is 30.4 Å². The summed E-state index contributed by atoms with van der Waals surface area (Å²) in [4.78, 5) is 23.6. The lowest BCUT2D eigenvalue weighted by atomic mass is 9.62. The van der Waals surface area contributed by atoms with E-state index in [2.05, 4.69) is 33.8 Å². The molecule has 4 rings (SSSR count). The molecule has 8 nitrogen and oxygen atoms in total. The molecule has 1 aromatic rings. The first-order valence-electron chi connectivity index (χ1n) is 13.7. The number of carbonyl (C=O) groups is 2. The monoisotopic (exact) mass is 530 g/mol. The van der Waals surface area contributed by atoms with Gasteiger partial charge in [-0.3, -0.25) is 9.59 Å². The van der Waals surface area contributed by atoms with Crippen LogP contribution in [0.4, 0.5) is 0 Å². The molecule has 0 saturated carbocycles. The first kappa shape index (κ1) is 28.4. The molecular weight excluding hydrogens is 488 g/mol. The number of carbonyl (C=O) groups excluding carboxylic acids is 2. The van der Waals surface area contributed by atoms with E-state index in [-0.39, 0.29) is 23.3 Å². The summed E-state index contributed by atoms with van der Waals surface area (Å²) in [5, 5.41) is 22.7. The third-order valence-electron chi connectivity index (χ3n) is 8.38. The molecule has 0 bridgehead atoms. The largest absolute Gasteiger partial charge is 0.504 e. The van der Waals surface area contributed by atoms with Gasteiger partial charge in [-0.05, 0) is 81.4 Å². The van der Waals surface area contributed by atoms with Crippen molar-refractivity contribution >= 4 is 11.9 Å². The van der Waals surface area contributed by atoms with Gasteiger partial charge in [0.15, 0.2) is 23.7 Å². The van der Waals surface area contributed by atoms with Crippen LogP contribution in [0.1, 0.15) is 108 Å². The van der Waals surface area contributed by atoms with Gasteiger partial charge < -0.3 is 29.2 Å². The fraction of sp³-hybridized carbons (Fsp3) is 0.667. The minimum Gasteiger partial charge on any atom is -0.504 e. The molecule has 1 fully saturated rings. The first-order chi connectivity index (χ1) is 17.8. The van der Waals surface area contributed by atoms with Gasteiger partial charge in [0.2, 0.25) is 6.29 Å². The summed E-state index contributed by atoms with van der Waals surface area (Å²) in [6.07, 6.45) is -0.279. The Morgan fingerprint density at radius 3 is 2.18 bits per heavy atom. The van der Waals surface area contributed by atoms with Crippen molar-refractivity contribution in [2.75, 3.05) is 0 Å². The van der Waals surface area contributed by atoms with Crippen LogP contribution in [0.25, 0.3) is 0 Å². The number of hydrogen-bond acceptors (Lipinski definition) is 8. The Bertz CT molecular complexity index is 1120. The predicted octanol–water partition coefficient (Wildman–Crippen LogP) is 5.12. The van der Waals surface area contributed by atoms with E-state index >= 15 is 0 Å².